The molecule has 0 unspecified atom stereocenters. The zero-order valence-electron chi connectivity index (χ0n) is 7.49. The molecule has 14 heavy (non-hydrogen) atoms. The smallest absolute Gasteiger partial charge is 0.239 e. The number of halogens is 1. The molecule has 0 aliphatic heterocycles. The number of benzene rings is 1. The number of hydrogen-bond donors (Lipinski definition) is 2. The Bertz CT molecular complexity index is 456. The van der Waals surface area contributed by atoms with Crippen molar-refractivity contribution in [3.8, 4) is 0 Å². The molecule has 0 spiro atoms. The number of aliphatic hydroxyl groups excluding tert-OH is 1. The summed E-state index contributed by atoms with van der Waals surface area (Å²) < 4.78 is 22.7. The van der Waals surface area contributed by atoms with Crippen molar-refractivity contribution in [1.29, 1.82) is 0 Å². The van der Waals surface area contributed by atoms with E-state index in [1.165, 1.54) is 6.07 Å². The molecular formula is C8H10BrNO3S. The average molecular weight is 280 g/mol. The molecule has 6 heteroatoms. The number of primary sulfonamides is 1. The van der Waals surface area contributed by atoms with E-state index in [-0.39, 0.29) is 11.5 Å². The van der Waals surface area contributed by atoms with E-state index in [0.717, 1.165) is 5.56 Å². The SMILES string of the molecule is Cc1cc(CO)cc(S(N)(=O)=O)c1Br. The highest BCUT2D eigenvalue weighted by atomic mass is 79.9. The van der Waals surface area contributed by atoms with Crippen molar-refractivity contribution in [2.75, 3.05) is 0 Å². The molecule has 0 fully saturated rings. The van der Waals surface area contributed by atoms with E-state index >= 15 is 0 Å². The maximum Gasteiger partial charge on any atom is 0.239 e. The standard InChI is InChI=1S/C8H10BrNO3S/c1-5-2-6(4-11)3-7(8(5)9)14(10,12)13/h2-3,11H,4H2,1H3,(H2,10,12,13). The van der Waals surface area contributed by atoms with Crippen molar-refractivity contribution in [2.24, 2.45) is 5.14 Å². The van der Waals surface area contributed by atoms with Crippen LogP contribution in [0.5, 0.6) is 0 Å². The van der Waals surface area contributed by atoms with Gasteiger partial charge >= 0.3 is 0 Å². The van der Waals surface area contributed by atoms with Crippen LogP contribution in [0, 0.1) is 6.92 Å². The first-order valence-electron chi connectivity index (χ1n) is 3.79. The van der Waals surface area contributed by atoms with Gasteiger partial charge in [-0.05, 0) is 40.0 Å². The Hall–Kier alpha value is -0.430. The van der Waals surface area contributed by atoms with Gasteiger partial charge in [0.15, 0.2) is 0 Å². The van der Waals surface area contributed by atoms with Crippen molar-refractivity contribution in [3.63, 3.8) is 0 Å². The zero-order chi connectivity index (χ0) is 10.9. The van der Waals surface area contributed by atoms with E-state index < -0.39 is 10.0 Å². The van der Waals surface area contributed by atoms with Gasteiger partial charge in [-0.1, -0.05) is 6.07 Å². The predicted octanol–water partition coefficient (Wildman–Crippen LogP) is 0.897. The fraction of sp³-hybridized carbons (Fsp3) is 0.250. The number of aliphatic hydroxyl groups is 1. The minimum Gasteiger partial charge on any atom is -0.392 e. The summed E-state index contributed by atoms with van der Waals surface area (Å²) in [7, 11) is -3.75. The van der Waals surface area contributed by atoms with E-state index in [9.17, 15) is 8.42 Å². The molecule has 0 aliphatic carbocycles. The molecule has 0 bridgehead atoms. The molecule has 1 aromatic rings. The Kier molecular flexibility index (Phi) is 3.31. The van der Waals surface area contributed by atoms with Gasteiger partial charge in [0.25, 0.3) is 0 Å². The van der Waals surface area contributed by atoms with Crippen LogP contribution in [0.25, 0.3) is 0 Å². The summed E-state index contributed by atoms with van der Waals surface area (Å²) in [5, 5.41) is 13.9. The Balaban J connectivity index is 3.51. The summed E-state index contributed by atoms with van der Waals surface area (Å²) in [6.07, 6.45) is 0. The van der Waals surface area contributed by atoms with Crippen LogP contribution in [-0.2, 0) is 16.6 Å². The third kappa shape index (κ3) is 2.33. The first-order valence-corrected chi connectivity index (χ1v) is 6.13. The van der Waals surface area contributed by atoms with Crippen molar-refractivity contribution >= 4 is 26.0 Å². The molecule has 1 aromatic carbocycles. The van der Waals surface area contributed by atoms with Crippen LogP contribution in [0.3, 0.4) is 0 Å². The lowest BCUT2D eigenvalue weighted by Gasteiger charge is -2.07. The summed E-state index contributed by atoms with van der Waals surface area (Å²) >= 11 is 3.14. The number of hydrogen-bond acceptors (Lipinski definition) is 3. The van der Waals surface area contributed by atoms with Gasteiger partial charge in [-0.25, -0.2) is 13.6 Å². The largest absolute Gasteiger partial charge is 0.392 e. The van der Waals surface area contributed by atoms with Crippen LogP contribution in [0.1, 0.15) is 11.1 Å². The molecule has 0 amide bonds. The van der Waals surface area contributed by atoms with Gasteiger partial charge in [0.1, 0.15) is 0 Å². The molecule has 78 valence electrons. The summed E-state index contributed by atoms with van der Waals surface area (Å²) in [6.45, 7) is 1.52. The molecule has 0 aliphatic rings. The highest BCUT2D eigenvalue weighted by molar-refractivity contribution is 9.10. The zero-order valence-corrected chi connectivity index (χ0v) is 9.89. The molecule has 0 radical (unpaired) electrons. The van der Waals surface area contributed by atoms with Gasteiger partial charge in [-0.15, -0.1) is 0 Å². The molecule has 0 saturated heterocycles. The van der Waals surface area contributed by atoms with Crippen LogP contribution in [0.15, 0.2) is 21.5 Å². The highest BCUT2D eigenvalue weighted by Crippen LogP contribution is 2.26. The lowest BCUT2D eigenvalue weighted by Crippen LogP contribution is -2.13. The third-order valence-electron chi connectivity index (χ3n) is 1.77. The average Bonchev–Trinajstić information content (AvgIpc) is 2.07. The van der Waals surface area contributed by atoms with Crippen molar-refractivity contribution in [1.82, 2.24) is 0 Å². The Morgan fingerprint density at radius 1 is 1.50 bits per heavy atom. The Labute approximate surface area is 90.9 Å². The van der Waals surface area contributed by atoms with Crippen molar-refractivity contribution in [2.45, 2.75) is 18.4 Å². The summed E-state index contributed by atoms with van der Waals surface area (Å²) in [4.78, 5) is 0.00144. The third-order valence-corrected chi connectivity index (χ3v) is 4.02. The second kappa shape index (κ2) is 3.98. The first-order chi connectivity index (χ1) is 6.36. The second-order valence-corrected chi connectivity index (χ2v) is 5.25. The van der Waals surface area contributed by atoms with Gasteiger partial charge < -0.3 is 5.11 Å². The highest BCUT2D eigenvalue weighted by Gasteiger charge is 2.15. The fourth-order valence-corrected chi connectivity index (χ4v) is 2.74. The summed E-state index contributed by atoms with van der Waals surface area (Å²) in [5.74, 6) is 0. The van der Waals surface area contributed by atoms with Crippen LogP contribution in [0.2, 0.25) is 0 Å². The Morgan fingerprint density at radius 3 is 2.50 bits per heavy atom. The molecule has 0 saturated carbocycles. The fourth-order valence-electron chi connectivity index (χ4n) is 1.11. The minimum atomic E-state index is -3.75. The predicted molar refractivity (Wildman–Crippen MR) is 56.2 cm³/mol. The quantitative estimate of drug-likeness (QED) is 0.844. The maximum absolute atomic E-state index is 11.1. The molecule has 1 rings (SSSR count). The van der Waals surface area contributed by atoms with E-state index in [2.05, 4.69) is 15.9 Å². The molecule has 0 aromatic heterocycles. The Morgan fingerprint density at radius 2 is 2.07 bits per heavy atom. The maximum atomic E-state index is 11.1. The summed E-state index contributed by atoms with van der Waals surface area (Å²) in [5.41, 5.74) is 1.25. The van der Waals surface area contributed by atoms with E-state index in [0.29, 0.717) is 10.0 Å². The van der Waals surface area contributed by atoms with Gasteiger partial charge in [-0.3, -0.25) is 0 Å². The second-order valence-electron chi connectivity index (χ2n) is 2.93. The lowest BCUT2D eigenvalue weighted by atomic mass is 10.1. The summed E-state index contributed by atoms with van der Waals surface area (Å²) in [6, 6.07) is 3.05. The van der Waals surface area contributed by atoms with Crippen LogP contribution in [-0.4, -0.2) is 13.5 Å². The number of nitrogens with two attached hydrogens (primary N) is 1. The van der Waals surface area contributed by atoms with Gasteiger partial charge in [-0.2, -0.15) is 0 Å². The molecule has 4 nitrogen and oxygen atoms in total. The van der Waals surface area contributed by atoms with Crippen LogP contribution in [0.4, 0.5) is 0 Å². The molecular weight excluding hydrogens is 270 g/mol. The molecule has 0 atom stereocenters. The van der Waals surface area contributed by atoms with Gasteiger partial charge in [0, 0.05) is 4.47 Å². The normalized spacial score (nSPS) is 11.7. The van der Waals surface area contributed by atoms with Gasteiger partial charge in [0.2, 0.25) is 10.0 Å². The number of aryl methyl sites for hydroxylation is 1. The van der Waals surface area contributed by atoms with E-state index in [4.69, 9.17) is 10.2 Å². The van der Waals surface area contributed by atoms with Crippen molar-refractivity contribution in [3.05, 3.63) is 27.7 Å². The van der Waals surface area contributed by atoms with Crippen LogP contribution >= 0.6 is 15.9 Å². The lowest BCUT2D eigenvalue weighted by molar-refractivity contribution is 0.281. The monoisotopic (exact) mass is 279 g/mol. The van der Waals surface area contributed by atoms with E-state index in [1.54, 1.807) is 13.0 Å². The topological polar surface area (TPSA) is 80.4 Å². The number of rotatable bonds is 2. The number of sulfonamides is 1. The molecule has 3 N–H and O–H groups in total. The molecule has 0 heterocycles. The van der Waals surface area contributed by atoms with Gasteiger partial charge in [0.05, 0.1) is 11.5 Å². The minimum absolute atomic E-state index is 0.00144. The van der Waals surface area contributed by atoms with Crippen molar-refractivity contribution < 1.29 is 13.5 Å². The van der Waals surface area contributed by atoms with E-state index in [1.807, 2.05) is 0 Å². The first kappa shape index (κ1) is 11.6. The van der Waals surface area contributed by atoms with Crippen LogP contribution < -0.4 is 5.14 Å².